The summed E-state index contributed by atoms with van der Waals surface area (Å²) in [6, 6.07) is 15.2. The van der Waals surface area contributed by atoms with E-state index in [1.54, 1.807) is 0 Å². The molecule has 38 heavy (non-hydrogen) atoms. The Kier molecular flexibility index (Phi) is 7.14. The van der Waals surface area contributed by atoms with Crippen molar-refractivity contribution in [3.63, 3.8) is 0 Å². The Morgan fingerprint density at radius 3 is 2.34 bits per heavy atom. The van der Waals surface area contributed by atoms with E-state index in [2.05, 4.69) is 29.6 Å². The van der Waals surface area contributed by atoms with Crippen molar-refractivity contribution in [1.29, 1.82) is 0 Å². The number of carbonyl (C=O) groups is 1. The first kappa shape index (κ1) is 25.5. The Morgan fingerprint density at radius 2 is 1.58 bits per heavy atom. The first-order valence-electron chi connectivity index (χ1n) is 12.4. The lowest BCUT2D eigenvalue weighted by Gasteiger charge is -2.22. The Balaban J connectivity index is 0.000000366. The number of allylic oxidation sites excluding steroid dienone is 4. The zero-order valence-corrected chi connectivity index (χ0v) is 20.4. The van der Waals surface area contributed by atoms with E-state index in [1.165, 1.54) is 5.56 Å². The number of fused-ring (bicyclic) bond motifs is 5. The van der Waals surface area contributed by atoms with Crippen molar-refractivity contribution in [3.8, 4) is 11.1 Å². The van der Waals surface area contributed by atoms with Crippen LogP contribution in [0, 0.1) is 11.7 Å². The molecule has 0 radical (unpaired) electrons. The van der Waals surface area contributed by atoms with Crippen LogP contribution in [0.4, 0.5) is 17.6 Å². The van der Waals surface area contributed by atoms with Gasteiger partial charge in [0.2, 0.25) is 0 Å². The monoisotopic (exact) mass is 515 g/mol. The van der Waals surface area contributed by atoms with Crippen molar-refractivity contribution < 1.29 is 22.4 Å². The van der Waals surface area contributed by atoms with Crippen LogP contribution < -0.4 is 15.8 Å². The molecule has 3 aliphatic rings. The maximum atomic E-state index is 14.5. The number of benzene rings is 3. The SMILES string of the molecule is C1=CC=CNC=C1.O=C(c1cccc(C(F)(F)F)c1F)C1C=c2c(ccc3c2=CCc2ccccc2-3)CC1. The van der Waals surface area contributed by atoms with E-state index in [4.69, 9.17) is 0 Å². The smallest absolute Gasteiger partial charge is 0.368 e. The number of nitrogens with one attached hydrogen (secondary N) is 1. The number of aryl methyl sites for hydroxylation is 1. The Morgan fingerprint density at radius 1 is 0.816 bits per heavy atom. The lowest BCUT2D eigenvalue weighted by molar-refractivity contribution is -0.140. The van der Waals surface area contributed by atoms with Crippen LogP contribution in [0.5, 0.6) is 0 Å². The highest BCUT2D eigenvalue weighted by Crippen LogP contribution is 2.33. The van der Waals surface area contributed by atoms with Gasteiger partial charge in [-0.1, -0.05) is 66.8 Å². The van der Waals surface area contributed by atoms with Crippen LogP contribution in [0.15, 0.2) is 91.3 Å². The number of ketones is 1. The van der Waals surface area contributed by atoms with Crippen molar-refractivity contribution in [1.82, 2.24) is 5.32 Å². The molecule has 192 valence electrons. The third-order valence-electron chi connectivity index (χ3n) is 6.93. The second-order valence-electron chi connectivity index (χ2n) is 9.28. The molecule has 0 saturated carbocycles. The minimum atomic E-state index is -4.84. The summed E-state index contributed by atoms with van der Waals surface area (Å²) >= 11 is 0. The van der Waals surface area contributed by atoms with Crippen LogP contribution in [0.1, 0.15) is 33.5 Å². The number of carbonyl (C=O) groups excluding carboxylic acids is 1. The highest BCUT2D eigenvalue weighted by molar-refractivity contribution is 6.01. The molecular formula is C32H25F4NO. The van der Waals surface area contributed by atoms with Gasteiger partial charge >= 0.3 is 6.18 Å². The van der Waals surface area contributed by atoms with E-state index in [-0.39, 0.29) is 0 Å². The molecule has 6 heteroatoms. The molecule has 0 spiro atoms. The zero-order chi connectivity index (χ0) is 26.7. The van der Waals surface area contributed by atoms with E-state index in [0.717, 1.165) is 45.7 Å². The average molecular weight is 516 g/mol. The first-order chi connectivity index (χ1) is 18.3. The molecule has 1 atom stereocenters. The van der Waals surface area contributed by atoms with Crippen LogP contribution in [-0.2, 0) is 19.0 Å². The van der Waals surface area contributed by atoms with Crippen LogP contribution in [-0.4, -0.2) is 5.78 Å². The summed E-state index contributed by atoms with van der Waals surface area (Å²) in [5.41, 5.74) is 2.65. The molecule has 0 amide bonds. The van der Waals surface area contributed by atoms with Crippen LogP contribution >= 0.6 is 0 Å². The molecule has 0 fully saturated rings. The lowest BCUT2D eigenvalue weighted by Crippen LogP contribution is -2.37. The molecule has 6 rings (SSSR count). The van der Waals surface area contributed by atoms with E-state index in [0.29, 0.717) is 18.9 Å². The molecule has 0 bridgehead atoms. The van der Waals surface area contributed by atoms with Crippen LogP contribution in [0.3, 0.4) is 0 Å². The maximum Gasteiger partial charge on any atom is 0.419 e. The molecule has 0 aromatic heterocycles. The van der Waals surface area contributed by atoms with E-state index in [1.807, 2.05) is 61.0 Å². The average Bonchev–Trinajstić information content (AvgIpc) is 3.25. The number of halogens is 4. The number of Topliss-reactive ketones (excluding diaryl/α,β-unsaturated/α-hetero) is 1. The van der Waals surface area contributed by atoms with E-state index in [9.17, 15) is 22.4 Å². The predicted octanol–water partition coefficient (Wildman–Crippen LogP) is 6.25. The molecule has 1 N–H and O–H groups in total. The van der Waals surface area contributed by atoms with Crippen molar-refractivity contribution in [2.24, 2.45) is 5.92 Å². The summed E-state index contributed by atoms with van der Waals surface area (Å²) in [7, 11) is 0. The molecular weight excluding hydrogens is 490 g/mol. The summed E-state index contributed by atoms with van der Waals surface area (Å²) in [6.45, 7) is 0. The number of rotatable bonds is 2. The van der Waals surface area contributed by atoms with Gasteiger partial charge in [-0.05, 0) is 76.2 Å². The van der Waals surface area contributed by atoms with Gasteiger partial charge in [0, 0.05) is 18.3 Å². The van der Waals surface area contributed by atoms with E-state index < -0.39 is 34.8 Å². The molecule has 1 unspecified atom stereocenters. The molecule has 0 saturated heterocycles. The second-order valence-corrected chi connectivity index (χ2v) is 9.28. The fourth-order valence-corrected chi connectivity index (χ4v) is 5.07. The first-order valence-corrected chi connectivity index (χ1v) is 12.4. The lowest BCUT2D eigenvalue weighted by atomic mass is 9.82. The summed E-state index contributed by atoms with van der Waals surface area (Å²) in [4.78, 5) is 13.0. The topological polar surface area (TPSA) is 29.1 Å². The minimum absolute atomic E-state index is 0.441. The predicted molar refractivity (Wildman–Crippen MR) is 142 cm³/mol. The summed E-state index contributed by atoms with van der Waals surface area (Å²) in [6.07, 6.45) is 12.5. The number of alkyl halides is 3. The van der Waals surface area contributed by atoms with Gasteiger partial charge < -0.3 is 5.32 Å². The molecule has 1 aliphatic heterocycles. The second kappa shape index (κ2) is 10.7. The Labute approximate surface area is 218 Å². The van der Waals surface area contributed by atoms with Crippen molar-refractivity contribution >= 4 is 17.9 Å². The van der Waals surface area contributed by atoms with Crippen LogP contribution in [0.25, 0.3) is 23.3 Å². The van der Waals surface area contributed by atoms with Gasteiger partial charge in [-0.2, -0.15) is 13.2 Å². The third-order valence-corrected chi connectivity index (χ3v) is 6.93. The highest BCUT2D eigenvalue weighted by atomic mass is 19.4. The number of hydrogen-bond acceptors (Lipinski definition) is 2. The van der Waals surface area contributed by atoms with E-state index >= 15 is 0 Å². The molecule has 2 aliphatic carbocycles. The van der Waals surface area contributed by atoms with Crippen molar-refractivity contribution in [3.05, 3.63) is 130 Å². The van der Waals surface area contributed by atoms with Gasteiger partial charge in [0.1, 0.15) is 5.82 Å². The molecule has 1 heterocycles. The third kappa shape index (κ3) is 5.12. The Bertz CT molecular complexity index is 1580. The quantitative estimate of drug-likeness (QED) is 0.323. The largest absolute Gasteiger partial charge is 0.419 e. The molecule has 3 aromatic carbocycles. The maximum absolute atomic E-state index is 14.5. The molecule has 2 nitrogen and oxygen atoms in total. The summed E-state index contributed by atoms with van der Waals surface area (Å²) in [5.74, 6) is -2.76. The van der Waals surface area contributed by atoms with Gasteiger partial charge in [-0.15, -0.1) is 0 Å². The molecule has 3 aromatic rings. The van der Waals surface area contributed by atoms with Gasteiger partial charge in [-0.25, -0.2) is 4.39 Å². The van der Waals surface area contributed by atoms with Gasteiger partial charge in [-0.3, -0.25) is 4.79 Å². The standard InChI is InChI=1S/C26H18F4O.C6H7N/c27-24-21(6-3-7-23(24)26(28,29)30)25(31)17-9-8-16-11-12-19-18-5-2-1-4-15(18)10-13-20(19)22(16)14-17;1-2-4-6-7-5-3-1/h1-7,11-14,17H,8-10H2;1-7H. The van der Waals surface area contributed by atoms with Gasteiger partial charge in [0.15, 0.2) is 5.78 Å². The Hall–Kier alpha value is -4.19. The van der Waals surface area contributed by atoms with Crippen molar-refractivity contribution in [2.75, 3.05) is 0 Å². The van der Waals surface area contributed by atoms with Crippen molar-refractivity contribution in [2.45, 2.75) is 25.4 Å². The minimum Gasteiger partial charge on any atom is -0.368 e. The van der Waals surface area contributed by atoms with Gasteiger partial charge in [0.25, 0.3) is 0 Å². The number of hydrogen-bond donors (Lipinski definition) is 1. The highest BCUT2D eigenvalue weighted by Gasteiger charge is 2.36. The normalized spacial score (nSPS) is 16.8. The zero-order valence-electron chi connectivity index (χ0n) is 20.4. The fourth-order valence-electron chi connectivity index (χ4n) is 5.07. The summed E-state index contributed by atoms with van der Waals surface area (Å²) < 4.78 is 53.8. The fraction of sp³-hybridized carbons (Fsp3) is 0.156. The summed E-state index contributed by atoms with van der Waals surface area (Å²) in [5, 5.41) is 4.90. The van der Waals surface area contributed by atoms with Crippen LogP contribution in [0.2, 0.25) is 0 Å². The van der Waals surface area contributed by atoms with Gasteiger partial charge in [0.05, 0.1) is 11.1 Å².